The predicted octanol–water partition coefficient (Wildman–Crippen LogP) is 3.59. The molecule has 2 aromatic rings. The van der Waals surface area contributed by atoms with Crippen LogP contribution in [0, 0.1) is 17.0 Å². The second-order valence-corrected chi connectivity index (χ2v) is 5.67. The van der Waals surface area contributed by atoms with Crippen LogP contribution in [0.2, 0.25) is 0 Å². The molecule has 0 radical (unpaired) electrons. The Bertz CT molecular complexity index is 673. The topological polar surface area (TPSA) is 58.4 Å². The molecule has 1 atom stereocenters. The number of nitro groups is 1. The Morgan fingerprint density at radius 2 is 2.00 bits per heavy atom. The molecule has 2 aromatic carbocycles. The SMILES string of the molecule is Cc1cc(NC2CCN(c3ccccc3)C2)ccc1[N+](=O)[O-]. The molecule has 1 fully saturated rings. The Kier molecular flexibility index (Phi) is 3.96. The van der Waals surface area contributed by atoms with Gasteiger partial charge in [-0.2, -0.15) is 0 Å². The van der Waals surface area contributed by atoms with Crippen LogP contribution in [0.3, 0.4) is 0 Å². The van der Waals surface area contributed by atoms with Gasteiger partial charge in [0.1, 0.15) is 0 Å². The summed E-state index contributed by atoms with van der Waals surface area (Å²) >= 11 is 0. The van der Waals surface area contributed by atoms with Crippen molar-refractivity contribution >= 4 is 17.1 Å². The van der Waals surface area contributed by atoms with Crippen molar-refractivity contribution in [3.63, 3.8) is 0 Å². The standard InChI is InChI=1S/C17H19N3O2/c1-13-11-14(7-8-17(13)20(21)22)18-15-9-10-19(12-15)16-5-3-2-4-6-16/h2-8,11,15,18H,9-10,12H2,1H3. The Hall–Kier alpha value is -2.56. The summed E-state index contributed by atoms with van der Waals surface area (Å²) in [6.07, 6.45) is 1.06. The summed E-state index contributed by atoms with van der Waals surface area (Å²) in [7, 11) is 0. The van der Waals surface area contributed by atoms with Crippen LogP contribution in [0.15, 0.2) is 48.5 Å². The molecular weight excluding hydrogens is 278 g/mol. The summed E-state index contributed by atoms with van der Waals surface area (Å²) in [6.45, 7) is 3.74. The smallest absolute Gasteiger partial charge is 0.272 e. The largest absolute Gasteiger partial charge is 0.380 e. The number of aryl methyl sites for hydroxylation is 1. The van der Waals surface area contributed by atoms with Gasteiger partial charge in [0.25, 0.3) is 5.69 Å². The van der Waals surface area contributed by atoms with Crippen LogP contribution < -0.4 is 10.2 Å². The van der Waals surface area contributed by atoms with E-state index in [1.807, 2.05) is 12.1 Å². The molecule has 1 unspecified atom stereocenters. The normalized spacial score (nSPS) is 17.5. The lowest BCUT2D eigenvalue weighted by Crippen LogP contribution is -2.25. The number of nitrogens with zero attached hydrogens (tertiary/aromatic N) is 2. The molecule has 0 bridgehead atoms. The minimum absolute atomic E-state index is 0.169. The van der Waals surface area contributed by atoms with Crippen molar-refractivity contribution in [2.24, 2.45) is 0 Å². The number of rotatable bonds is 4. The number of para-hydroxylation sites is 1. The van der Waals surface area contributed by atoms with Crippen LogP contribution in [-0.4, -0.2) is 24.1 Å². The Balaban J connectivity index is 1.65. The quantitative estimate of drug-likeness (QED) is 0.692. The molecule has 22 heavy (non-hydrogen) atoms. The number of anilines is 2. The van der Waals surface area contributed by atoms with Crippen molar-refractivity contribution in [1.82, 2.24) is 0 Å². The lowest BCUT2D eigenvalue weighted by Gasteiger charge is -2.19. The molecule has 5 nitrogen and oxygen atoms in total. The fourth-order valence-electron chi connectivity index (χ4n) is 2.94. The van der Waals surface area contributed by atoms with Crippen molar-refractivity contribution in [3.05, 3.63) is 64.2 Å². The first-order valence-electron chi connectivity index (χ1n) is 7.45. The second kappa shape index (κ2) is 6.05. The van der Waals surface area contributed by atoms with E-state index in [0.29, 0.717) is 11.6 Å². The maximum atomic E-state index is 10.9. The molecule has 1 saturated heterocycles. The summed E-state index contributed by atoms with van der Waals surface area (Å²) in [5.41, 5.74) is 3.05. The van der Waals surface area contributed by atoms with E-state index in [1.54, 1.807) is 19.1 Å². The zero-order valence-corrected chi connectivity index (χ0v) is 12.5. The van der Waals surface area contributed by atoms with Crippen LogP contribution in [0.25, 0.3) is 0 Å². The molecule has 0 amide bonds. The van der Waals surface area contributed by atoms with Gasteiger partial charge < -0.3 is 10.2 Å². The summed E-state index contributed by atoms with van der Waals surface area (Å²) < 4.78 is 0. The molecule has 0 saturated carbocycles. The van der Waals surface area contributed by atoms with E-state index < -0.39 is 0 Å². The van der Waals surface area contributed by atoms with Crippen molar-refractivity contribution < 1.29 is 4.92 Å². The lowest BCUT2D eigenvalue weighted by atomic mass is 10.1. The van der Waals surface area contributed by atoms with Crippen LogP contribution in [0.1, 0.15) is 12.0 Å². The van der Waals surface area contributed by atoms with Gasteiger partial charge in [0.2, 0.25) is 0 Å². The fourth-order valence-corrected chi connectivity index (χ4v) is 2.94. The van der Waals surface area contributed by atoms with Gasteiger partial charge in [0.15, 0.2) is 0 Å². The minimum atomic E-state index is -0.341. The van der Waals surface area contributed by atoms with E-state index in [0.717, 1.165) is 25.2 Å². The van der Waals surface area contributed by atoms with Gasteiger partial charge in [0.05, 0.1) is 4.92 Å². The van der Waals surface area contributed by atoms with Crippen molar-refractivity contribution in [2.75, 3.05) is 23.3 Å². The average Bonchev–Trinajstić information content (AvgIpc) is 2.96. The Morgan fingerprint density at radius 3 is 2.68 bits per heavy atom. The highest BCUT2D eigenvalue weighted by Crippen LogP contribution is 2.25. The van der Waals surface area contributed by atoms with Gasteiger partial charge in [-0.1, -0.05) is 18.2 Å². The molecule has 3 rings (SSSR count). The van der Waals surface area contributed by atoms with Crippen LogP contribution in [0.4, 0.5) is 17.1 Å². The third-order valence-corrected chi connectivity index (χ3v) is 4.07. The van der Waals surface area contributed by atoms with E-state index in [4.69, 9.17) is 0 Å². The van der Waals surface area contributed by atoms with E-state index in [1.165, 1.54) is 5.69 Å². The number of benzene rings is 2. The molecular formula is C17H19N3O2. The number of nitrogens with one attached hydrogen (secondary N) is 1. The van der Waals surface area contributed by atoms with E-state index in [2.05, 4.69) is 34.5 Å². The monoisotopic (exact) mass is 297 g/mol. The van der Waals surface area contributed by atoms with Gasteiger partial charge in [0, 0.05) is 42.1 Å². The van der Waals surface area contributed by atoms with Gasteiger partial charge in [-0.15, -0.1) is 0 Å². The van der Waals surface area contributed by atoms with Gasteiger partial charge >= 0.3 is 0 Å². The van der Waals surface area contributed by atoms with Crippen LogP contribution in [-0.2, 0) is 0 Å². The van der Waals surface area contributed by atoms with Crippen molar-refractivity contribution in [3.8, 4) is 0 Å². The van der Waals surface area contributed by atoms with Crippen molar-refractivity contribution in [1.29, 1.82) is 0 Å². The highest BCUT2D eigenvalue weighted by Gasteiger charge is 2.22. The molecule has 114 valence electrons. The van der Waals surface area contributed by atoms with E-state index in [9.17, 15) is 10.1 Å². The molecule has 0 aromatic heterocycles. The molecule has 1 N–H and O–H groups in total. The molecule has 1 aliphatic heterocycles. The van der Waals surface area contributed by atoms with E-state index in [-0.39, 0.29) is 10.6 Å². The molecule has 1 heterocycles. The average molecular weight is 297 g/mol. The summed E-state index contributed by atoms with van der Waals surface area (Å²) in [6, 6.07) is 15.9. The lowest BCUT2D eigenvalue weighted by molar-refractivity contribution is -0.385. The number of hydrogen-bond donors (Lipinski definition) is 1. The number of nitro benzene ring substituents is 1. The molecule has 0 spiro atoms. The van der Waals surface area contributed by atoms with E-state index >= 15 is 0 Å². The maximum Gasteiger partial charge on any atom is 0.272 e. The first kappa shape index (κ1) is 14.4. The number of hydrogen-bond acceptors (Lipinski definition) is 4. The second-order valence-electron chi connectivity index (χ2n) is 5.67. The summed E-state index contributed by atoms with van der Waals surface area (Å²) in [5, 5.41) is 14.3. The zero-order valence-electron chi connectivity index (χ0n) is 12.5. The third kappa shape index (κ3) is 3.03. The predicted molar refractivity (Wildman–Crippen MR) is 88.5 cm³/mol. The highest BCUT2D eigenvalue weighted by atomic mass is 16.6. The Morgan fingerprint density at radius 1 is 1.23 bits per heavy atom. The maximum absolute atomic E-state index is 10.9. The minimum Gasteiger partial charge on any atom is -0.380 e. The van der Waals surface area contributed by atoms with Gasteiger partial charge in [-0.25, -0.2) is 0 Å². The third-order valence-electron chi connectivity index (χ3n) is 4.07. The van der Waals surface area contributed by atoms with Crippen LogP contribution >= 0.6 is 0 Å². The fraction of sp³-hybridized carbons (Fsp3) is 0.294. The first-order chi connectivity index (χ1) is 10.6. The highest BCUT2D eigenvalue weighted by molar-refractivity contribution is 5.55. The molecule has 1 aliphatic rings. The molecule has 5 heteroatoms. The van der Waals surface area contributed by atoms with Crippen LogP contribution in [0.5, 0.6) is 0 Å². The first-order valence-corrected chi connectivity index (χ1v) is 7.45. The Labute approximate surface area is 129 Å². The van der Waals surface area contributed by atoms with Crippen molar-refractivity contribution in [2.45, 2.75) is 19.4 Å². The summed E-state index contributed by atoms with van der Waals surface area (Å²) in [4.78, 5) is 12.9. The summed E-state index contributed by atoms with van der Waals surface area (Å²) in [5.74, 6) is 0. The van der Waals surface area contributed by atoms with Gasteiger partial charge in [-0.3, -0.25) is 10.1 Å². The molecule has 0 aliphatic carbocycles. The zero-order chi connectivity index (χ0) is 15.5. The van der Waals surface area contributed by atoms with Gasteiger partial charge in [-0.05, 0) is 37.6 Å².